The standard InChI is InChI=1S/C5H8O6/c1-7-3(6)4-9-5(8-2)11-10-4/h4-5H,1-2H3. The highest BCUT2D eigenvalue weighted by Crippen LogP contribution is 2.14. The topological polar surface area (TPSA) is 63.2 Å². The molecule has 0 aromatic heterocycles. The van der Waals surface area contributed by atoms with Gasteiger partial charge >= 0.3 is 12.4 Å². The van der Waals surface area contributed by atoms with Gasteiger partial charge in [-0.15, -0.1) is 0 Å². The second-order valence-electron chi connectivity index (χ2n) is 1.71. The van der Waals surface area contributed by atoms with Crippen LogP contribution in [0.5, 0.6) is 0 Å². The zero-order valence-corrected chi connectivity index (χ0v) is 6.10. The third-order valence-corrected chi connectivity index (χ3v) is 1.04. The molecule has 11 heavy (non-hydrogen) atoms. The molecule has 1 saturated heterocycles. The lowest BCUT2D eigenvalue weighted by molar-refractivity contribution is -0.343. The van der Waals surface area contributed by atoms with Crippen LogP contribution in [-0.2, 0) is 28.8 Å². The number of hydrogen-bond acceptors (Lipinski definition) is 6. The molecule has 2 atom stereocenters. The lowest BCUT2D eigenvalue weighted by atomic mass is 10.7. The van der Waals surface area contributed by atoms with Crippen molar-refractivity contribution in [2.45, 2.75) is 12.8 Å². The molecule has 0 aromatic carbocycles. The normalized spacial score (nSPS) is 30.4. The summed E-state index contributed by atoms with van der Waals surface area (Å²) in [6.45, 7) is -0.959. The van der Waals surface area contributed by atoms with Crippen LogP contribution in [0.1, 0.15) is 0 Å². The summed E-state index contributed by atoms with van der Waals surface area (Å²) >= 11 is 0. The fourth-order valence-electron chi connectivity index (χ4n) is 0.528. The quantitative estimate of drug-likeness (QED) is 0.401. The molecule has 1 rings (SSSR count). The summed E-state index contributed by atoms with van der Waals surface area (Å²) in [5.74, 6) is -0.662. The fraction of sp³-hybridized carbons (Fsp3) is 0.800. The molecule has 64 valence electrons. The van der Waals surface area contributed by atoms with Crippen LogP contribution in [0.2, 0.25) is 0 Å². The maximum atomic E-state index is 10.7. The van der Waals surface area contributed by atoms with Crippen LogP contribution in [0, 0.1) is 0 Å². The Balaban J connectivity index is 2.35. The zero-order chi connectivity index (χ0) is 8.27. The summed E-state index contributed by atoms with van der Waals surface area (Å²) in [7, 11) is 2.57. The van der Waals surface area contributed by atoms with Crippen LogP contribution in [0.15, 0.2) is 0 Å². The summed E-state index contributed by atoms with van der Waals surface area (Å²) < 4.78 is 13.6. The Labute approximate surface area is 62.9 Å². The smallest absolute Gasteiger partial charge is 0.366 e. The number of methoxy groups -OCH3 is 2. The van der Waals surface area contributed by atoms with Crippen molar-refractivity contribution in [1.82, 2.24) is 0 Å². The average Bonchev–Trinajstić information content (AvgIpc) is 2.50. The highest BCUT2D eigenvalue weighted by molar-refractivity contribution is 5.72. The number of esters is 1. The molecule has 1 aliphatic rings. The second-order valence-corrected chi connectivity index (χ2v) is 1.71. The van der Waals surface area contributed by atoms with Gasteiger partial charge in [0.15, 0.2) is 0 Å². The molecule has 1 aliphatic heterocycles. The predicted molar refractivity (Wildman–Crippen MR) is 29.9 cm³/mol. The van der Waals surface area contributed by atoms with Crippen LogP contribution in [0.4, 0.5) is 0 Å². The minimum atomic E-state index is -1.15. The van der Waals surface area contributed by atoms with Gasteiger partial charge in [0, 0.05) is 7.11 Å². The highest BCUT2D eigenvalue weighted by atomic mass is 17.3. The first-order valence-corrected chi connectivity index (χ1v) is 2.86. The molecule has 6 heteroatoms. The molecular weight excluding hydrogens is 156 g/mol. The Bertz CT molecular complexity index is 146. The van der Waals surface area contributed by atoms with Gasteiger partial charge in [-0.2, -0.15) is 9.78 Å². The first kappa shape index (κ1) is 8.41. The summed E-state index contributed by atoms with van der Waals surface area (Å²) in [5.41, 5.74) is 0. The van der Waals surface area contributed by atoms with E-state index in [1.807, 2.05) is 0 Å². The molecule has 0 saturated carbocycles. The van der Waals surface area contributed by atoms with Gasteiger partial charge in [-0.05, 0) is 0 Å². The molecule has 1 fully saturated rings. The van der Waals surface area contributed by atoms with Crippen molar-refractivity contribution in [1.29, 1.82) is 0 Å². The van der Waals surface area contributed by atoms with Gasteiger partial charge in [-0.3, -0.25) is 4.74 Å². The summed E-state index contributed by atoms with van der Waals surface area (Å²) in [5, 5.41) is 0. The molecule has 0 spiro atoms. The molecular formula is C5H8O6. The third kappa shape index (κ3) is 1.87. The van der Waals surface area contributed by atoms with Crippen LogP contribution in [0.25, 0.3) is 0 Å². The van der Waals surface area contributed by atoms with E-state index in [2.05, 4.69) is 19.2 Å². The highest BCUT2D eigenvalue weighted by Gasteiger charge is 2.34. The Morgan fingerprint density at radius 2 is 2.09 bits per heavy atom. The maximum Gasteiger partial charge on any atom is 0.366 e. The molecule has 0 aromatic rings. The predicted octanol–water partition coefficient (Wildman–Crippen LogP) is -0.606. The summed E-state index contributed by atoms with van der Waals surface area (Å²) in [6, 6.07) is 0. The largest absolute Gasteiger partial charge is 0.465 e. The van der Waals surface area contributed by atoms with Crippen LogP contribution < -0.4 is 0 Å². The first-order chi connectivity index (χ1) is 5.27. The van der Waals surface area contributed by atoms with E-state index in [-0.39, 0.29) is 0 Å². The third-order valence-electron chi connectivity index (χ3n) is 1.04. The van der Waals surface area contributed by atoms with Crippen LogP contribution >= 0.6 is 0 Å². The summed E-state index contributed by atoms with van der Waals surface area (Å²) in [4.78, 5) is 19.4. The van der Waals surface area contributed by atoms with Crippen molar-refractivity contribution in [3.8, 4) is 0 Å². The average molecular weight is 164 g/mol. The van der Waals surface area contributed by atoms with E-state index < -0.39 is 18.7 Å². The van der Waals surface area contributed by atoms with E-state index in [0.29, 0.717) is 0 Å². The second kappa shape index (κ2) is 3.63. The lowest BCUT2D eigenvalue weighted by Gasteiger charge is -2.03. The molecule has 6 nitrogen and oxygen atoms in total. The first-order valence-electron chi connectivity index (χ1n) is 2.86. The number of ether oxygens (including phenoxy) is 3. The lowest BCUT2D eigenvalue weighted by Crippen LogP contribution is -2.24. The number of carbonyl (C=O) groups excluding carboxylic acids is 1. The minimum absolute atomic E-state index is 0.662. The monoisotopic (exact) mass is 164 g/mol. The van der Waals surface area contributed by atoms with Crippen molar-refractivity contribution in [3.05, 3.63) is 0 Å². The van der Waals surface area contributed by atoms with Gasteiger partial charge in [-0.1, -0.05) is 0 Å². The van der Waals surface area contributed by atoms with E-state index >= 15 is 0 Å². The molecule has 0 radical (unpaired) electrons. The Morgan fingerprint density at radius 3 is 2.55 bits per heavy atom. The number of carbonyl (C=O) groups is 1. The van der Waals surface area contributed by atoms with Crippen LogP contribution in [0.3, 0.4) is 0 Å². The minimum Gasteiger partial charge on any atom is -0.465 e. The van der Waals surface area contributed by atoms with Crippen LogP contribution in [-0.4, -0.2) is 33.0 Å². The SMILES string of the molecule is COC(=O)C1OOC(OC)O1. The van der Waals surface area contributed by atoms with Crippen molar-refractivity contribution < 1.29 is 28.8 Å². The molecule has 0 amide bonds. The van der Waals surface area contributed by atoms with Crippen molar-refractivity contribution >= 4 is 5.97 Å². The number of hydrogen-bond donors (Lipinski definition) is 0. The molecule has 0 N–H and O–H groups in total. The van der Waals surface area contributed by atoms with Crippen molar-refractivity contribution in [3.63, 3.8) is 0 Å². The van der Waals surface area contributed by atoms with E-state index in [0.717, 1.165) is 0 Å². The fourth-order valence-corrected chi connectivity index (χ4v) is 0.528. The van der Waals surface area contributed by atoms with Gasteiger partial charge in [-0.25, -0.2) is 4.79 Å². The molecule has 0 bridgehead atoms. The molecule has 2 unspecified atom stereocenters. The van der Waals surface area contributed by atoms with Crippen molar-refractivity contribution in [2.24, 2.45) is 0 Å². The summed E-state index contributed by atoms with van der Waals surface area (Å²) in [6.07, 6.45) is -1.15. The van der Waals surface area contributed by atoms with Gasteiger partial charge in [0.1, 0.15) is 0 Å². The Morgan fingerprint density at radius 1 is 1.36 bits per heavy atom. The molecule has 1 heterocycles. The van der Waals surface area contributed by atoms with Gasteiger partial charge in [0.25, 0.3) is 6.29 Å². The zero-order valence-electron chi connectivity index (χ0n) is 6.10. The number of rotatable bonds is 2. The van der Waals surface area contributed by atoms with Gasteiger partial charge in [0.2, 0.25) is 0 Å². The van der Waals surface area contributed by atoms with E-state index in [1.54, 1.807) is 0 Å². The van der Waals surface area contributed by atoms with E-state index in [4.69, 9.17) is 4.74 Å². The Kier molecular flexibility index (Phi) is 2.77. The van der Waals surface area contributed by atoms with Gasteiger partial charge < -0.3 is 9.47 Å². The van der Waals surface area contributed by atoms with Crippen molar-refractivity contribution in [2.75, 3.05) is 14.2 Å². The maximum absolute atomic E-state index is 10.7. The van der Waals surface area contributed by atoms with Gasteiger partial charge in [0.05, 0.1) is 7.11 Å². The Hall–Kier alpha value is -0.690. The van der Waals surface area contributed by atoms with E-state index in [9.17, 15) is 4.79 Å². The molecule has 0 aliphatic carbocycles. The van der Waals surface area contributed by atoms with E-state index in [1.165, 1.54) is 14.2 Å².